The van der Waals surface area contributed by atoms with E-state index < -0.39 is 18.1 Å². The van der Waals surface area contributed by atoms with Gasteiger partial charge in [0, 0.05) is 11.7 Å². The van der Waals surface area contributed by atoms with Crippen molar-refractivity contribution in [3.05, 3.63) is 78.4 Å². The van der Waals surface area contributed by atoms with Gasteiger partial charge in [-0.15, -0.1) is 0 Å². The number of ether oxygens (including phenoxy) is 3. The maximum Gasteiger partial charge on any atom is 0.272 e. The molecule has 0 radical (unpaired) electrons. The molecule has 0 aromatic heterocycles. The van der Waals surface area contributed by atoms with Gasteiger partial charge in [0.15, 0.2) is 11.5 Å². The lowest BCUT2D eigenvalue weighted by Crippen LogP contribution is -2.52. The molecule has 1 aliphatic carbocycles. The number of carbonyl (C=O) groups is 2. The second kappa shape index (κ2) is 11.5. The number of fused-ring (bicyclic) bond motifs is 1. The Kier molecular flexibility index (Phi) is 7.67. The van der Waals surface area contributed by atoms with Gasteiger partial charge in [0.1, 0.15) is 24.1 Å². The zero-order valence-corrected chi connectivity index (χ0v) is 21.3. The van der Waals surface area contributed by atoms with Gasteiger partial charge in [-0.05, 0) is 66.9 Å². The number of aromatic hydroxyl groups is 1. The van der Waals surface area contributed by atoms with Crippen LogP contribution in [0.1, 0.15) is 43.7 Å². The summed E-state index contributed by atoms with van der Waals surface area (Å²) in [5.41, 5.74) is 1.08. The molecule has 3 aromatic rings. The highest BCUT2D eigenvalue weighted by Gasteiger charge is 2.39. The summed E-state index contributed by atoms with van der Waals surface area (Å²) in [6.07, 6.45) is 4.12. The Hall–Kier alpha value is -4.20. The number of nitrogens with one attached hydrogen (secondary N) is 1. The Morgan fingerprint density at radius 3 is 2.32 bits per heavy atom. The van der Waals surface area contributed by atoms with Crippen LogP contribution >= 0.6 is 0 Å². The van der Waals surface area contributed by atoms with Crippen molar-refractivity contribution in [2.45, 2.75) is 50.3 Å². The van der Waals surface area contributed by atoms with Crippen LogP contribution in [-0.2, 0) is 9.59 Å². The fraction of sp³-hybridized carbons (Fsp3) is 0.333. The third kappa shape index (κ3) is 5.54. The van der Waals surface area contributed by atoms with E-state index in [4.69, 9.17) is 14.2 Å². The van der Waals surface area contributed by atoms with Crippen molar-refractivity contribution in [1.82, 2.24) is 5.32 Å². The SMILES string of the molecule is COc1ccc(N(C(=O)C2COc3ccccc3O2)C(C(=O)NC2CCCCC2)c2ccc(O)cc2)cc1. The first kappa shape index (κ1) is 25.4. The summed E-state index contributed by atoms with van der Waals surface area (Å²) < 4.78 is 17.2. The molecule has 2 N–H and O–H groups in total. The fourth-order valence-corrected chi connectivity index (χ4v) is 5.04. The molecule has 1 fully saturated rings. The van der Waals surface area contributed by atoms with Crippen molar-refractivity contribution >= 4 is 17.5 Å². The van der Waals surface area contributed by atoms with Crippen molar-refractivity contribution in [3.8, 4) is 23.0 Å². The first-order chi connectivity index (χ1) is 18.5. The van der Waals surface area contributed by atoms with E-state index >= 15 is 0 Å². The number of carbonyl (C=O) groups excluding carboxylic acids is 2. The van der Waals surface area contributed by atoms with E-state index in [9.17, 15) is 14.7 Å². The third-order valence-corrected chi connectivity index (χ3v) is 7.04. The van der Waals surface area contributed by atoms with E-state index in [0.717, 1.165) is 32.1 Å². The standard InChI is InChI=1S/C30H32N2O6/c1-36-24-17-13-22(14-18-24)32(30(35)27-19-37-25-9-5-6-10-26(25)38-27)28(20-11-15-23(33)16-12-20)29(34)31-21-7-3-2-4-8-21/h5-6,9-18,21,27-28,33H,2-4,7-8,19H2,1H3,(H,31,34). The Morgan fingerprint density at radius 1 is 0.947 bits per heavy atom. The van der Waals surface area contributed by atoms with Gasteiger partial charge >= 0.3 is 0 Å². The second-order valence-electron chi connectivity index (χ2n) is 9.61. The van der Waals surface area contributed by atoms with Crippen molar-refractivity contribution in [1.29, 1.82) is 0 Å². The summed E-state index contributed by atoms with van der Waals surface area (Å²) in [5.74, 6) is 1.03. The van der Waals surface area contributed by atoms with Crippen LogP contribution in [0.25, 0.3) is 0 Å². The average Bonchev–Trinajstić information content (AvgIpc) is 2.96. The second-order valence-corrected chi connectivity index (χ2v) is 9.61. The molecule has 2 unspecified atom stereocenters. The summed E-state index contributed by atoms with van der Waals surface area (Å²) in [6, 6.07) is 19.6. The number of hydrogen-bond acceptors (Lipinski definition) is 6. The molecule has 1 heterocycles. The summed E-state index contributed by atoms with van der Waals surface area (Å²) in [6.45, 7) is 0.00897. The van der Waals surface area contributed by atoms with E-state index in [1.165, 1.54) is 17.0 Å². The highest BCUT2D eigenvalue weighted by Crippen LogP contribution is 2.35. The van der Waals surface area contributed by atoms with Crippen LogP contribution in [0.5, 0.6) is 23.0 Å². The molecule has 2 aliphatic rings. The summed E-state index contributed by atoms with van der Waals surface area (Å²) in [5, 5.41) is 13.1. The molecule has 8 nitrogen and oxygen atoms in total. The molecule has 0 saturated heterocycles. The van der Waals surface area contributed by atoms with E-state index in [2.05, 4.69) is 5.32 Å². The summed E-state index contributed by atoms with van der Waals surface area (Å²) >= 11 is 0. The van der Waals surface area contributed by atoms with Gasteiger partial charge in [-0.1, -0.05) is 43.5 Å². The van der Waals surface area contributed by atoms with Crippen LogP contribution < -0.4 is 24.4 Å². The van der Waals surface area contributed by atoms with Crippen molar-refractivity contribution in [2.24, 2.45) is 0 Å². The molecule has 0 bridgehead atoms. The quantitative estimate of drug-likeness (QED) is 0.470. The number of methoxy groups -OCH3 is 1. The number of hydrogen-bond donors (Lipinski definition) is 2. The van der Waals surface area contributed by atoms with Crippen LogP contribution in [0.3, 0.4) is 0 Å². The predicted octanol–water partition coefficient (Wildman–Crippen LogP) is 4.76. The highest BCUT2D eigenvalue weighted by atomic mass is 16.6. The van der Waals surface area contributed by atoms with Gasteiger partial charge in [0.05, 0.1) is 7.11 Å². The van der Waals surface area contributed by atoms with Gasteiger partial charge in [0.25, 0.3) is 5.91 Å². The molecule has 3 aromatic carbocycles. The largest absolute Gasteiger partial charge is 0.508 e. The van der Waals surface area contributed by atoms with Gasteiger partial charge in [-0.3, -0.25) is 14.5 Å². The lowest BCUT2D eigenvalue weighted by atomic mass is 9.94. The third-order valence-electron chi connectivity index (χ3n) is 7.04. The number of rotatable bonds is 7. The van der Waals surface area contributed by atoms with E-state index in [-0.39, 0.29) is 24.3 Å². The average molecular weight is 517 g/mol. The van der Waals surface area contributed by atoms with Gasteiger partial charge in [-0.25, -0.2) is 0 Å². The predicted molar refractivity (Wildman–Crippen MR) is 143 cm³/mol. The molecule has 38 heavy (non-hydrogen) atoms. The van der Waals surface area contributed by atoms with Crippen LogP contribution in [0, 0.1) is 0 Å². The Balaban J connectivity index is 1.54. The number of phenols is 1. The molecule has 1 aliphatic heterocycles. The van der Waals surface area contributed by atoms with Gasteiger partial charge < -0.3 is 24.6 Å². The van der Waals surface area contributed by atoms with E-state index in [1.807, 2.05) is 12.1 Å². The molecule has 0 spiro atoms. The lowest BCUT2D eigenvalue weighted by molar-refractivity contribution is -0.132. The topological polar surface area (TPSA) is 97.3 Å². The smallest absolute Gasteiger partial charge is 0.272 e. The monoisotopic (exact) mass is 516 g/mol. The number of nitrogens with zero attached hydrogens (tertiary/aromatic N) is 1. The number of benzene rings is 3. The molecule has 8 heteroatoms. The fourth-order valence-electron chi connectivity index (χ4n) is 5.04. The zero-order chi connectivity index (χ0) is 26.5. The summed E-state index contributed by atoms with van der Waals surface area (Å²) in [4.78, 5) is 29.6. The van der Waals surface area contributed by atoms with Gasteiger partial charge in [0.2, 0.25) is 12.0 Å². The maximum absolute atomic E-state index is 14.2. The molecule has 2 amide bonds. The van der Waals surface area contributed by atoms with E-state index in [0.29, 0.717) is 28.5 Å². The highest BCUT2D eigenvalue weighted by molar-refractivity contribution is 6.03. The van der Waals surface area contributed by atoms with Crippen molar-refractivity contribution in [2.75, 3.05) is 18.6 Å². The number of para-hydroxylation sites is 2. The minimum Gasteiger partial charge on any atom is -0.508 e. The lowest BCUT2D eigenvalue weighted by Gasteiger charge is -2.36. The summed E-state index contributed by atoms with van der Waals surface area (Å²) in [7, 11) is 1.57. The maximum atomic E-state index is 14.2. The van der Waals surface area contributed by atoms with E-state index in [1.54, 1.807) is 55.6 Å². The zero-order valence-electron chi connectivity index (χ0n) is 21.3. The first-order valence-corrected chi connectivity index (χ1v) is 13.0. The van der Waals surface area contributed by atoms with Crippen LogP contribution in [0.2, 0.25) is 0 Å². The van der Waals surface area contributed by atoms with Crippen LogP contribution in [0.15, 0.2) is 72.8 Å². The normalized spacial score (nSPS) is 17.8. The molecule has 198 valence electrons. The van der Waals surface area contributed by atoms with Crippen molar-refractivity contribution < 1.29 is 28.9 Å². The number of anilines is 1. The molecular formula is C30H32N2O6. The Morgan fingerprint density at radius 2 is 1.63 bits per heavy atom. The van der Waals surface area contributed by atoms with Crippen LogP contribution in [0.4, 0.5) is 5.69 Å². The Labute approximate surface area is 222 Å². The molecule has 2 atom stereocenters. The number of phenolic OH excluding ortho intramolecular Hbond substituents is 1. The first-order valence-electron chi connectivity index (χ1n) is 13.0. The number of amides is 2. The Bertz CT molecular complexity index is 1250. The molecule has 1 saturated carbocycles. The minimum atomic E-state index is -1.00. The van der Waals surface area contributed by atoms with Crippen LogP contribution in [-0.4, -0.2) is 42.8 Å². The van der Waals surface area contributed by atoms with Crippen molar-refractivity contribution in [3.63, 3.8) is 0 Å². The molecular weight excluding hydrogens is 484 g/mol. The molecule has 5 rings (SSSR count). The van der Waals surface area contributed by atoms with Gasteiger partial charge in [-0.2, -0.15) is 0 Å². The minimum absolute atomic E-state index is 0.00897.